The molecule has 0 nitrogen and oxygen atoms in total. The van der Waals surface area contributed by atoms with Gasteiger partial charge in [0.15, 0.2) is 0 Å². The lowest BCUT2D eigenvalue weighted by Crippen LogP contribution is -1.80. The molecule has 0 heteroatoms. The van der Waals surface area contributed by atoms with Crippen molar-refractivity contribution in [3.05, 3.63) is 41.7 Å². The van der Waals surface area contributed by atoms with E-state index in [2.05, 4.69) is 43.9 Å². The largest absolute Gasteiger partial charge is 0.130 e. The molecule has 0 saturated heterocycles. The van der Waals surface area contributed by atoms with E-state index >= 15 is 0 Å². The summed E-state index contributed by atoms with van der Waals surface area (Å²) in [5, 5.41) is 0. The number of allylic oxidation sites excluding steroid dienone is 5. The van der Waals surface area contributed by atoms with Gasteiger partial charge in [-0.25, -0.2) is 0 Å². The Balaban J connectivity index is 3.77. The molecular weight excluding hydrogens is 180 g/mol. The predicted molar refractivity (Wildman–Crippen MR) is 70.0 cm³/mol. The highest BCUT2D eigenvalue weighted by atomic mass is 14.0. The Hall–Kier alpha value is -1.00. The molecule has 0 aromatic heterocycles. The highest BCUT2D eigenvalue weighted by Crippen LogP contribution is 2.11. The van der Waals surface area contributed by atoms with Crippen LogP contribution in [-0.4, -0.2) is 0 Å². The summed E-state index contributed by atoms with van der Waals surface area (Å²) in [7, 11) is 0. The minimum Gasteiger partial charge on any atom is -0.130 e. The molecule has 0 radical (unpaired) electrons. The van der Waals surface area contributed by atoms with Gasteiger partial charge in [0, 0.05) is 0 Å². The highest BCUT2D eigenvalue weighted by molar-refractivity contribution is 5.07. The van der Waals surface area contributed by atoms with Gasteiger partial charge in [0.2, 0.25) is 0 Å². The third-order valence-corrected chi connectivity index (χ3v) is 2.31. The predicted octanol–water partition coefficient (Wildman–Crippen LogP) is 5.19. The first-order valence-corrected chi connectivity index (χ1v) is 5.99. The lowest BCUT2D eigenvalue weighted by Gasteiger charge is -2.00. The molecule has 0 rings (SSSR count). The number of hydrogen-bond donors (Lipinski definition) is 0. The van der Waals surface area contributed by atoms with Crippen molar-refractivity contribution in [3.8, 4) is 0 Å². The van der Waals surface area contributed by atoms with Crippen LogP contribution in [0.5, 0.6) is 0 Å². The summed E-state index contributed by atoms with van der Waals surface area (Å²) in [5.41, 5.74) is 4.62. The summed E-state index contributed by atoms with van der Waals surface area (Å²) >= 11 is 0. The number of hydrogen-bond acceptors (Lipinski definition) is 0. The maximum absolute atomic E-state index is 3.11. The fourth-order valence-corrected chi connectivity index (χ4v) is 1.34. The highest BCUT2D eigenvalue weighted by Gasteiger charge is 1.91. The molecule has 0 amide bonds. The smallest absolute Gasteiger partial charge is 0.00627 e. The zero-order chi connectivity index (χ0) is 11.4. The molecule has 0 unspecified atom stereocenters. The number of unbranched alkanes of at least 4 members (excludes halogenated alkanes) is 1. The molecule has 0 aromatic rings. The van der Waals surface area contributed by atoms with Gasteiger partial charge in [-0.3, -0.25) is 0 Å². The molecule has 0 fully saturated rings. The van der Waals surface area contributed by atoms with Gasteiger partial charge in [-0.1, -0.05) is 37.1 Å². The normalized spacial score (nSPS) is 11.5. The van der Waals surface area contributed by atoms with E-state index in [4.69, 9.17) is 0 Å². The Morgan fingerprint density at radius 3 is 2.47 bits per heavy atom. The van der Waals surface area contributed by atoms with E-state index < -0.39 is 0 Å². The topological polar surface area (TPSA) is 0 Å². The van der Waals surface area contributed by atoms with Crippen molar-refractivity contribution in [1.82, 2.24) is 0 Å². The Morgan fingerprint density at radius 2 is 1.87 bits per heavy atom. The summed E-state index contributed by atoms with van der Waals surface area (Å²) in [6.07, 6.45) is 16.7. The van der Waals surface area contributed by atoms with Crippen molar-refractivity contribution in [2.45, 2.75) is 52.9 Å². The molecule has 0 saturated carbocycles. The van der Waals surface area contributed by atoms with E-state index in [0.29, 0.717) is 0 Å². The van der Waals surface area contributed by atoms with Crippen LogP contribution in [0, 0.1) is 0 Å². The van der Waals surface area contributed by atoms with E-state index in [1.54, 1.807) is 0 Å². The Labute approximate surface area is 95.1 Å². The molecule has 0 N–H and O–H groups in total. The summed E-state index contributed by atoms with van der Waals surface area (Å²) in [5.74, 6) is 0. The SMILES string of the molecule is CC=C=CCC(=CC)CCC=CCCC. The van der Waals surface area contributed by atoms with Crippen molar-refractivity contribution >= 4 is 0 Å². The standard InChI is InChI=1S/C15H24/c1-4-7-9-10-12-14-15(6-3)13-11-8-5-2/h5-6,9-11H,4,7,12-14H2,1-3H3. The molecule has 0 aliphatic rings. The van der Waals surface area contributed by atoms with E-state index in [0.717, 1.165) is 6.42 Å². The Bertz CT molecular complexity index is 247. The van der Waals surface area contributed by atoms with Crippen LogP contribution in [0.4, 0.5) is 0 Å². The molecule has 0 atom stereocenters. The average Bonchev–Trinajstić information content (AvgIpc) is 2.26. The van der Waals surface area contributed by atoms with Crippen molar-refractivity contribution in [3.63, 3.8) is 0 Å². The zero-order valence-corrected chi connectivity index (χ0v) is 10.4. The summed E-state index contributed by atoms with van der Waals surface area (Å²) < 4.78 is 0. The fraction of sp³-hybridized carbons (Fsp3) is 0.533. The second-order valence-corrected chi connectivity index (χ2v) is 3.61. The Kier molecular flexibility index (Phi) is 10.3. The van der Waals surface area contributed by atoms with Gasteiger partial charge in [-0.2, -0.15) is 0 Å². The molecule has 0 bridgehead atoms. The van der Waals surface area contributed by atoms with Crippen LogP contribution < -0.4 is 0 Å². The van der Waals surface area contributed by atoms with Gasteiger partial charge in [0.05, 0.1) is 0 Å². The molecule has 0 aromatic carbocycles. The van der Waals surface area contributed by atoms with Crippen LogP contribution in [-0.2, 0) is 0 Å². The van der Waals surface area contributed by atoms with Crippen LogP contribution in [0.15, 0.2) is 41.7 Å². The monoisotopic (exact) mass is 204 g/mol. The van der Waals surface area contributed by atoms with Crippen LogP contribution in [0.25, 0.3) is 0 Å². The van der Waals surface area contributed by atoms with Crippen molar-refractivity contribution < 1.29 is 0 Å². The van der Waals surface area contributed by atoms with Gasteiger partial charge < -0.3 is 0 Å². The second-order valence-electron chi connectivity index (χ2n) is 3.61. The fourth-order valence-electron chi connectivity index (χ4n) is 1.34. The lowest BCUT2D eigenvalue weighted by atomic mass is 10.1. The summed E-state index contributed by atoms with van der Waals surface area (Å²) in [6, 6.07) is 0. The number of rotatable bonds is 7. The van der Waals surface area contributed by atoms with Gasteiger partial charge >= 0.3 is 0 Å². The molecular formula is C15H24. The van der Waals surface area contributed by atoms with Gasteiger partial charge in [0.25, 0.3) is 0 Å². The van der Waals surface area contributed by atoms with Crippen LogP contribution in [0.1, 0.15) is 52.9 Å². The van der Waals surface area contributed by atoms with E-state index in [1.807, 2.05) is 13.0 Å². The molecule has 15 heavy (non-hydrogen) atoms. The van der Waals surface area contributed by atoms with Gasteiger partial charge in [-0.15, -0.1) is 5.73 Å². The van der Waals surface area contributed by atoms with Crippen LogP contribution >= 0.6 is 0 Å². The minimum atomic E-state index is 1.04. The molecule has 0 heterocycles. The lowest BCUT2D eigenvalue weighted by molar-refractivity contribution is 0.913. The molecule has 0 aliphatic heterocycles. The van der Waals surface area contributed by atoms with E-state index in [9.17, 15) is 0 Å². The summed E-state index contributed by atoms with van der Waals surface area (Å²) in [6.45, 7) is 6.33. The van der Waals surface area contributed by atoms with E-state index in [1.165, 1.54) is 31.3 Å². The van der Waals surface area contributed by atoms with Crippen LogP contribution in [0.3, 0.4) is 0 Å². The molecule has 84 valence electrons. The first kappa shape index (κ1) is 14.0. The third-order valence-electron chi connectivity index (χ3n) is 2.31. The van der Waals surface area contributed by atoms with Crippen molar-refractivity contribution in [1.29, 1.82) is 0 Å². The molecule has 0 aliphatic carbocycles. The Morgan fingerprint density at radius 1 is 1.13 bits per heavy atom. The quantitative estimate of drug-likeness (QED) is 0.395. The van der Waals surface area contributed by atoms with E-state index in [-0.39, 0.29) is 0 Å². The summed E-state index contributed by atoms with van der Waals surface area (Å²) in [4.78, 5) is 0. The molecule has 0 spiro atoms. The zero-order valence-electron chi connectivity index (χ0n) is 10.4. The average molecular weight is 204 g/mol. The third kappa shape index (κ3) is 9.31. The minimum absolute atomic E-state index is 1.04. The van der Waals surface area contributed by atoms with Crippen molar-refractivity contribution in [2.75, 3.05) is 0 Å². The van der Waals surface area contributed by atoms with Gasteiger partial charge in [-0.05, 0) is 51.7 Å². The maximum atomic E-state index is 3.11. The van der Waals surface area contributed by atoms with Crippen molar-refractivity contribution in [2.24, 2.45) is 0 Å². The second kappa shape index (κ2) is 11.1. The van der Waals surface area contributed by atoms with Crippen LogP contribution in [0.2, 0.25) is 0 Å². The first-order chi connectivity index (χ1) is 7.35. The van der Waals surface area contributed by atoms with Gasteiger partial charge in [0.1, 0.15) is 0 Å². The first-order valence-electron chi connectivity index (χ1n) is 5.99. The maximum Gasteiger partial charge on any atom is -0.00627 e.